The molecule has 2 heterocycles. The van der Waals surface area contributed by atoms with E-state index >= 15 is 0 Å². The Labute approximate surface area is 120 Å². The molecule has 0 fully saturated rings. The van der Waals surface area contributed by atoms with Crippen LogP contribution in [0.15, 0.2) is 24.5 Å². The van der Waals surface area contributed by atoms with Gasteiger partial charge >= 0.3 is 5.97 Å². The van der Waals surface area contributed by atoms with Gasteiger partial charge in [0.1, 0.15) is 6.33 Å². The fourth-order valence-electron chi connectivity index (χ4n) is 2.33. The molecule has 0 atom stereocenters. The van der Waals surface area contributed by atoms with Gasteiger partial charge in [0.05, 0.1) is 16.4 Å². The molecule has 0 saturated carbocycles. The number of hydrogen-bond acceptors (Lipinski definition) is 4. The Hall–Kier alpha value is -2.14. The zero-order valence-corrected chi connectivity index (χ0v) is 11.3. The lowest BCUT2D eigenvalue weighted by Gasteiger charge is -2.20. The highest BCUT2D eigenvalue weighted by atomic mass is 35.5. The number of nitrogens with zero attached hydrogens (tertiary/aromatic N) is 2. The molecule has 0 spiro atoms. The van der Waals surface area contributed by atoms with Crippen molar-refractivity contribution in [1.29, 1.82) is 0 Å². The first-order valence-corrected chi connectivity index (χ1v) is 6.65. The number of rotatable bonds is 2. The van der Waals surface area contributed by atoms with Gasteiger partial charge in [-0.2, -0.15) is 0 Å². The minimum absolute atomic E-state index is 0.0260. The van der Waals surface area contributed by atoms with Gasteiger partial charge in [0.15, 0.2) is 5.69 Å². The summed E-state index contributed by atoms with van der Waals surface area (Å²) < 4.78 is 0. The van der Waals surface area contributed by atoms with Crippen molar-refractivity contribution in [1.82, 2.24) is 9.97 Å². The third-order valence-corrected chi connectivity index (χ3v) is 3.58. The lowest BCUT2D eigenvalue weighted by Crippen LogP contribution is -2.12. The maximum Gasteiger partial charge on any atom is 0.354 e. The summed E-state index contributed by atoms with van der Waals surface area (Å²) in [5.74, 6) is -1.07. The molecule has 1 aromatic carbocycles. The molecule has 2 N–H and O–H groups in total. The number of fused-ring (bicyclic) bond motifs is 1. The molecular weight excluding hydrogens is 278 g/mol. The summed E-state index contributed by atoms with van der Waals surface area (Å²) in [5.41, 5.74) is 3.44. The Morgan fingerprint density at radius 1 is 1.30 bits per heavy atom. The predicted octanol–water partition coefficient (Wildman–Crippen LogP) is 2.85. The summed E-state index contributed by atoms with van der Waals surface area (Å²) in [5, 5.41) is 12.9. The van der Waals surface area contributed by atoms with E-state index in [1.807, 2.05) is 6.07 Å². The van der Waals surface area contributed by atoms with E-state index in [0.29, 0.717) is 10.7 Å². The predicted molar refractivity (Wildman–Crippen MR) is 76.2 cm³/mol. The number of aromatic carboxylic acids is 1. The van der Waals surface area contributed by atoms with Crippen molar-refractivity contribution in [2.45, 2.75) is 12.8 Å². The van der Waals surface area contributed by atoms with Crippen molar-refractivity contribution in [3.8, 4) is 11.3 Å². The summed E-state index contributed by atoms with van der Waals surface area (Å²) in [6.45, 7) is 0.919. The van der Waals surface area contributed by atoms with Gasteiger partial charge in [0, 0.05) is 12.1 Å². The first-order valence-electron chi connectivity index (χ1n) is 6.27. The minimum Gasteiger partial charge on any atom is -0.477 e. The highest BCUT2D eigenvalue weighted by molar-refractivity contribution is 6.33. The van der Waals surface area contributed by atoms with Crippen LogP contribution in [0.2, 0.25) is 5.02 Å². The van der Waals surface area contributed by atoms with Crippen molar-refractivity contribution in [2.24, 2.45) is 0 Å². The SMILES string of the molecule is O=C(O)c1cc(-c2cc(Cl)c3c(c2)CCCN3)ncn1. The van der Waals surface area contributed by atoms with E-state index in [1.165, 1.54) is 12.4 Å². The number of anilines is 1. The van der Waals surface area contributed by atoms with Crippen LogP contribution in [-0.2, 0) is 6.42 Å². The van der Waals surface area contributed by atoms with Crippen LogP contribution in [-0.4, -0.2) is 27.6 Å². The average molecular weight is 290 g/mol. The zero-order valence-electron chi connectivity index (χ0n) is 10.6. The second kappa shape index (κ2) is 5.09. The first kappa shape index (κ1) is 12.9. The standard InChI is InChI=1S/C14H12ClN3O2/c15-10-5-9(4-8-2-1-3-16-13(8)10)11-6-12(14(19)20)18-7-17-11/h4-7,16H,1-3H2,(H,19,20). The Morgan fingerprint density at radius 2 is 2.15 bits per heavy atom. The van der Waals surface area contributed by atoms with Crippen LogP contribution in [0.1, 0.15) is 22.5 Å². The molecule has 1 aromatic heterocycles. The quantitative estimate of drug-likeness (QED) is 0.889. The van der Waals surface area contributed by atoms with Crippen LogP contribution in [0, 0.1) is 0 Å². The van der Waals surface area contributed by atoms with E-state index in [1.54, 1.807) is 6.07 Å². The molecule has 3 rings (SSSR count). The largest absolute Gasteiger partial charge is 0.477 e. The molecule has 1 aliphatic rings. The van der Waals surface area contributed by atoms with Crippen LogP contribution < -0.4 is 5.32 Å². The molecule has 0 radical (unpaired) electrons. The topological polar surface area (TPSA) is 75.1 Å². The minimum atomic E-state index is -1.07. The highest BCUT2D eigenvalue weighted by Gasteiger charge is 2.15. The van der Waals surface area contributed by atoms with E-state index < -0.39 is 5.97 Å². The Kier molecular flexibility index (Phi) is 3.28. The number of hydrogen-bond donors (Lipinski definition) is 2. The van der Waals surface area contributed by atoms with E-state index in [-0.39, 0.29) is 5.69 Å². The fraction of sp³-hybridized carbons (Fsp3) is 0.214. The van der Waals surface area contributed by atoms with Crippen molar-refractivity contribution in [3.05, 3.63) is 40.8 Å². The van der Waals surface area contributed by atoms with E-state index in [9.17, 15) is 4.79 Å². The maximum absolute atomic E-state index is 11.0. The lowest BCUT2D eigenvalue weighted by atomic mass is 9.99. The van der Waals surface area contributed by atoms with Crippen LogP contribution in [0.5, 0.6) is 0 Å². The average Bonchev–Trinajstić information content (AvgIpc) is 2.47. The summed E-state index contributed by atoms with van der Waals surface area (Å²) >= 11 is 6.28. The normalized spacial score (nSPS) is 13.4. The molecule has 0 bridgehead atoms. The first-order chi connectivity index (χ1) is 9.65. The van der Waals surface area contributed by atoms with E-state index in [2.05, 4.69) is 15.3 Å². The van der Waals surface area contributed by atoms with Crippen molar-refractivity contribution < 1.29 is 9.90 Å². The second-order valence-electron chi connectivity index (χ2n) is 4.62. The molecule has 102 valence electrons. The molecule has 5 nitrogen and oxygen atoms in total. The van der Waals surface area contributed by atoms with Crippen LogP contribution in [0.25, 0.3) is 11.3 Å². The molecule has 0 amide bonds. The van der Waals surface area contributed by atoms with E-state index in [4.69, 9.17) is 16.7 Å². The summed E-state index contributed by atoms with van der Waals surface area (Å²) in [6.07, 6.45) is 3.26. The zero-order chi connectivity index (χ0) is 14.1. The molecule has 1 aliphatic heterocycles. The Balaban J connectivity index is 2.08. The number of carbonyl (C=O) groups is 1. The van der Waals surface area contributed by atoms with Crippen LogP contribution in [0.3, 0.4) is 0 Å². The molecule has 0 aliphatic carbocycles. The van der Waals surface area contributed by atoms with E-state index in [0.717, 1.165) is 36.2 Å². The monoisotopic (exact) mass is 289 g/mol. The van der Waals surface area contributed by atoms with Gasteiger partial charge in [0.25, 0.3) is 0 Å². The number of aryl methyl sites for hydroxylation is 1. The third kappa shape index (κ3) is 2.32. The van der Waals surface area contributed by atoms with Crippen LogP contribution >= 0.6 is 11.6 Å². The van der Waals surface area contributed by atoms with Gasteiger partial charge in [-0.1, -0.05) is 11.6 Å². The van der Waals surface area contributed by atoms with Crippen LogP contribution in [0.4, 0.5) is 5.69 Å². The fourth-order valence-corrected chi connectivity index (χ4v) is 2.64. The van der Waals surface area contributed by atoms with Crippen molar-refractivity contribution in [2.75, 3.05) is 11.9 Å². The molecule has 0 unspecified atom stereocenters. The number of carboxylic acids is 1. The molecule has 6 heteroatoms. The maximum atomic E-state index is 11.0. The number of halogens is 1. The lowest BCUT2D eigenvalue weighted by molar-refractivity contribution is 0.0690. The van der Waals surface area contributed by atoms with Gasteiger partial charge in [-0.15, -0.1) is 0 Å². The summed E-state index contributed by atoms with van der Waals surface area (Å²) in [7, 11) is 0. The van der Waals surface area contributed by atoms with Gasteiger partial charge in [-0.25, -0.2) is 14.8 Å². The highest BCUT2D eigenvalue weighted by Crippen LogP contribution is 2.34. The smallest absolute Gasteiger partial charge is 0.354 e. The number of benzene rings is 1. The van der Waals surface area contributed by atoms with Gasteiger partial charge < -0.3 is 10.4 Å². The second-order valence-corrected chi connectivity index (χ2v) is 5.02. The third-order valence-electron chi connectivity index (χ3n) is 3.28. The van der Waals surface area contributed by atoms with Crippen molar-refractivity contribution >= 4 is 23.3 Å². The molecule has 2 aromatic rings. The van der Waals surface area contributed by atoms with Gasteiger partial charge in [-0.05, 0) is 36.6 Å². The number of carboxylic acid groups (broad SMARTS) is 1. The molecule has 20 heavy (non-hydrogen) atoms. The summed E-state index contributed by atoms with van der Waals surface area (Å²) in [4.78, 5) is 18.8. The van der Waals surface area contributed by atoms with Gasteiger partial charge in [0.2, 0.25) is 0 Å². The van der Waals surface area contributed by atoms with Crippen molar-refractivity contribution in [3.63, 3.8) is 0 Å². The number of nitrogens with one attached hydrogen (secondary N) is 1. The van der Waals surface area contributed by atoms with Gasteiger partial charge in [-0.3, -0.25) is 0 Å². The number of aromatic nitrogens is 2. The Morgan fingerprint density at radius 3 is 2.95 bits per heavy atom. The molecular formula is C14H12ClN3O2. The molecule has 0 saturated heterocycles. The summed E-state index contributed by atoms with van der Waals surface area (Å²) in [6, 6.07) is 5.25. The Bertz CT molecular complexity index is 688.